The summed E-state index contributed by atoms with van der Waals surface area (Å²) in [6.07, 6.45) is 2.38. The Kier molecular flexibility index (Phi) is 4.12. The van der Waals surface area contributed by atoms with Gasteiger partial charge in [-0.05, 0) is 45.3 Å². The van der Waals surface area contributed by atoms with E-state index >= 15 is 0 Å². The topological polar surface area (TPSA) is 35.5 Å². The molecule has 0 saturated heterocycles. The highest BCUT2D eigenvalue weighted by molar-refractivity contribution is 5.31. The molecule has 0 amide bonds. The fourth-order valence-electron chi connectivity index (χ4n) is 3.53. The fraction of sp³-hybridized carbons (Fsp3) is 0.647. The third-order valence-corrected chi connectivity index (χ3v) is 5.70. The molecular formula is C17H28N2O. The van der Waals surface area contributed by atoms with Gasteiger partial charge in [-0.25, -0.2) is 0 Å². The van der Waals surface area contributed by atoms with Crippen LogP contribution in [0.5, 0.6) is 5.75 Å². The average molecular weight is 276 g/mol. The Morgan fingerprint density at radius 1 is 1.25 bits per heavy atom. The summed E-state index contributed by atoms with van der Waals surface area (Å²) in [4.78, 5) is 2.36. The molecule has 20 heavy (non-hydrogen) atoms. The normalized spacial score (nSPS) is 29.0. The summed E-state index contributed by atoms with van der Waals surface area (Å²) in [6, 6.07) is 8.03. The van der Waals surface area contributed by atoms with Crippen LogP contribution in [0.15, 0.2) is 24.3 Å². The van der Waals surface area contributed by atoms with E-state index in [1.54, 1.807) is 6.07 Å². The fourth-order valence-corrected chi connectivity index (χ4v) is 3.53. The molecule has 3 heteroatoms. The van der Waals surface area contributed by atoms with Gasteiger partial charge in [0.25, 0.3) is 0 Å². The molecule has 112 valence electrons. The molecule has 0 heterocycles. The molecule has 1 fully saturated rings. The quantitative estimate of drug-likeness (QED) is 0.887. The summed E-state index contributed by atoms with van der Waals surface area (Å²) < 4.78 is 0. The SMILES string of the molecule is CN(C)[C@@]1(C)CC[C@H](NCc2ccccc2O)C1(C)C. The highest BCUT2D eigenvalue weighted by Crippen LogP contribution is 2.48. The first kappa shape index (κ1) is 15.3. The van der Waals surface area contributed by atoms with Crippen LogP contribution >= 0.6 is 0 Å². The molecule has 0 radical (unpaired) electrons. The van der Waals surface area contributed by atoms with E-state index in [-0.39, 0.29) is 11.0 Å². The van der Waals surface area contributed by atoms with Crippen LogP contribution in [0, 0.1) is 5.41 Å². The maximum absolute atomic E-state index is 9.86. The van der Waals surface area contributed by atoms with Crippen LogP contribution in [-0.2, 0) is 6.54 Å². The third kappa shape index (κ3) is 2.45. The number of para-hydroxylation sites is 1. The van der Waals surface area contributed by atoms with Crippen molar-refractivity contribution in [2.24, 2.45) is 5.41 Å². The van der Waals surface area contributed by atoms with Crippen LogP contribution in [0.25, 0.3) is 0 Å². The zero-order valence-corrected chi connectivity index (χ0v) is 13.4. The smallest absolute Gasteiger partial charge is 0.120 e. The van der Waals surface area contributed by atoms with Crippen molar-refractivity contribution in [1.82, 2.24) is 10.2 Å². The predicted octanol–water partition coefficient (Wildman–Crippen LogP) is 2.99. The van der Waals surface area contributed by atoms with Gasteiger partial charge >= 0.3 is 0 Å². The molecule has 2 atom stereocenters. The zero-order chi connectivity index (χ0) is 15.0. The Bertz CT molecular complexity index is 470. The van der Waals surface area contributed by atoms with Gasteiger partial charge in [0.1, 0.15) is 5.75 Å². The molecule has 2 N–H and O–H groups in total. The molecule has 0 aromatic heterocycles. The lowest BCUT2D eigenvalue weighted by atomic mass is 9.73. The van der Waals surface area contributed by atoms with E-state index in [4.69, 9.17) is 0 Å². The number of phenolic OH excluding ortho intramolecular Hbond substituents is 1. The number of nitrogens with one attached hydrogen (secondary N) is 1. The minimum Gasteiger partial charge on any atom is -0.508 e. The van der Waals surface area contributed by atoms with Gasteiger partial charge in [-0.1, -0.05) is 32.0 Å². The van der Waals surface area contributed by atoms with Crippen molar-refractivity contribution in [3.8, 4) is 5.75 Å². The second kappa shape index (κ2) is 5.38. The standard InChI is InChI=1S/C17H28N2O/c1-16(2)15(10-11-17(16,3)19(4)5)18-12-13-8-6-7-9-14(13)20/h6-9,15,18,20H,10-12H2,1-5H3/t15-,17-/m0/s1. The van der Waals surface area contributed by atoms with E-state index in [2.05, 4.69) is 45.1 Å². The summed E-state index contributed by atoms with van der Waals surface area (Å²) in [5, 5.41) is 13.5. The Balaban J connectivity index is 2.07. The zero-order valence-electron chi connectivity index (χ0n) is 13.4. The van der Waals surface area contributed by atoms with Gasteiger partial charge in [0.15, 0.2) is 0 Å². The second-order valence-corrected chi connectivity index (χ2v) is 6.99. The Labute approximate surface area is 123 Å². The highest BCUT2D eigenvalue weighted by atomic mass is 16.3. The second-order valence-electron chi connectivity index (χ2n) is 6.99. The lowest BCUT2D eigenvalue weighted by Crippen LogP contribution is -2.54. The van der Waals surface area contributed by atoms with Crippen molar-refractivity contribution in [2.45, 2.75) is 51.7 Å². The van der Waals surface area contributed by atoms with E-state index < -0.39 is 0 Å². The van der Waals surface area contributed by atoms with Gasteiger partial charge in [-0.3, -0.25) is 0 Å². The van der Waals surface area contributed by atoms with Crippen LogP contribution in [0.4, 0.5) is 0 Å². The molecular weight excluding hydrogens is 248 g/mol. The Morgan fingerprint density at radius 2 is 1.90 bits per heavy atom. The van der Waals surface area contributed by atoms with Crippen LogP contribution in [0.1, 0.15) is 39.2 Å². The number of nitrogens with zero attached hydrogens (tertiary/aromatic N) is 1. The maximum atomic E-state index is 9.86. The van der Waals surface area contributed by atoms with Crippen LogP contribution in [0.2, 0.25) is 0 Å². The van der Waals surface area contributed by atoms with Crippen molar-refractivity contribution in [3.63, 3.8) is 0 Å². The van der Waals surface area contributed by atoms with Crippen LogP contribution < -0.4 is 5.32 Å². The van der Waals surface area contributed by atoms with Crippen molar-refractivity contribution < 1.29 is 5.11 Å². The molecule has 0 unspecified atom stereocenters. The molecule has 1 aromatic carbocycles. The van der Waals surface area contributed by atoms with Crippen molar-refractivity contribution in [2.75, 3.05) is 14.1 Å². The van der Waals surface area contributed by atoms with Crippen LogP contribution in [0.3, 0.4) is 0 Å². The number of phenols is 1. The highest BCUT2D eigenvalue weighted by Gasteiger charge is 2.52. The molecule has 2 rings (SSSR count). The molecule has 1 aliphatic rings. The molecule has 1 aliphatic carbocycles. The van der Waals surface area contributed by atoms with Gasteiger partial charge in [0.2, 0.25) is 0 Å². The number of hydrogen-bond acceptors (Lipinski definition) is 3. The molecule has 0 aliphatic heterocycles. The van der Waals surface area contributed by atoms with E-state index in [0.29, 0.717) is 11.8 Å². The summed E-state index contributed by atoms with van der Waals surface area (Å²) in [5.74, 6) is 0.381. The first-order valence-corrected chi connectivity index (χ1v) is 7.47. The maximum Gasteiger partial charge on any atom is 0.120 e. The number of benzene rings is 1. The van der Waals surface area contributed by atoms with E-state index in [0.717, 1.165) is 12.1 Å². The van der Waals surface area contributed by atoms with Crippen molar-refractivity contribution in [3.05, 3.63) is 29.8 Å². The monoisotopic (exact) mass is 276 g/mol. The lowest BCUT2D eigenvalue weighted by Gasteiger charge is -2.46. The largest absolute Gasteiger partial charge is 0.508 e. The molecule has 1 aromatic rings. The molecule has 1 saturated carbocycles. The van der Waals surface area contributed by atoms with E-state index in [1.807, 2.05) is 18.2 Å². The van der Waals surface area contributed by atoms with Crippen molar-refractivity contribution in [1.29, 1.82) is 0 Å². The van der Waals surface area contributed by atoms with Gasteiger partial charge in [-0.15, -0.1) is 0 Å². The van der Waals surface area contributed by atoms with Gasteiger partial charge in [0, 0.05) is 23.7 Å². The third-order valence-electron chi connectivity index (χ3n) is 5.70. The number of rotatable bonds is 4. The number of hydrogen-bond donors (Lipinski definition) is 2. The van der Waals surface area contributed by atoms with Gasteiger partial charge < -0.3 is 15.3 Å². The predicted molar refractivity (Wildman–Crippen MR) is 83.8 cm³/mol. The molecule has 0 spiro atoms. The summed E-state index contributed by atoms with van der Waals surface area (Å²) in [5.41, 5.74) is 1.38. The van der Waals surface area contributed by atoms with E-state index in [1.165, 1.54) is 12.8 Å². The average Bonchev–Trinajstić information content (AvgIpc) is 2.61. The Morgan fingerprint density at radius 3 is 2.45 bits per heavy atom. The van der Waals surface area contributed by atoms with Gasteiger partial charge in [-0.2, -0.15) is 0 Å². The Hall–Kier alpha value is -1.06. The van der Waals surface area contributed by atoms with Crippen molar-refractivity contribution >= 4 is 0 Å². The summed E-state index contributed by atoms with van der Waals surface area (Å²) in [7, 11) is 4.35. The summed E-state index contributed by atoms with van der Waals surface area (Å²) in [6.45, 7) is 7.78. The first-order chi connectivity index (χ1) is 9.29. The van der Waals surface area contributed by atoms with E-state index in [9.17, 15) is 5.11 Å². The first-order valence-electron chi connectivity index (χ1n) is 7.47. The minimum absolute atomic E-state index is 0.195. The van der Waals surface area contributed by atoms with Crippen LogP contribution in [-0.4, -0.2) is 35.7 Å². The summed E-state index contributed by atoms with van der Waals surface area (Å²) >= 11 is 0. The lowest BCUT2D eigenvalue weighted by molar-refractivity contribution is 0.0489. The molecule has 0 bridgehead atoms. The minimum atomic E-state index is 0.195. The van der Waals surface area contributed by atoms with Gasteiger partial charge in [0.05, 0.1) is 0 Å². The molecule has 3 nitrogen and oxygen atoms in total. The number of aromatic hydroxyl groups is 1.